The first kappa shape index (κ1) is 16.2. The Bertz CT molecular complexity index is 496. The van der Waals surface area contributed by atoms with Gasteiger partial charge in [-0.15, -0.1) is 0 Å². The number of amides is 1. The second-order valence-electron chi connectivity index (χ2n) is 5.89. The molecule has 5 heteroatoms. The van der Waals surface area contributed by atoms with Crippen molar-refractivity contribution >= 4 is 29.0 Å². The van der Waals surface area contributed by atoms with Gasteiger partial charge in [-0.25, -0.2) is 0 Å². The summed E-state index contributed by atoms with van der Waals surface area (Å²) in [5.74, 6) is 0.0707. The van der Waals surface area contributed by atoms with Crippen LogP contribution in [0.5, 0.6) is 0 Å². The predicted octanol–water partition coefficient (Wildman–Crippen LogP) is 2.73. The van der Waals surface area contributed by atoms with E-state index in [9.17, 15) is 4.79 Å². The lowest BCUT2D eigenvalue weighted by atomic mass is 10.1. The lowest BCUT2D eigenvalue weighted by molar-refractivity contribution is -0.116. The maximum atomic E-state index is 12.1. The highest BCUT2D eigenvalue weighted by Crippen LogP contribution is 2.24. The maximum Gasteiger partial charge on any atom is 0.225 e. The van der Waals surface area contributed by atoms with E-state index < -0.39 is 0 Å². The number of hydrogen-bond donors (Lipinski definition) is 2. The molecule has 1 aromatic carbocycles. The lowest BCUT2D eigenvalue weighted by Crippen LogP contribution is -2.41. The number of anilines is 2. The van der Waals surface area contributed by atoms with E-state index in [1.807, 2.05) is 36.9 Å². The molecular weight excluding hydrogens is 282 g/mol. The lowest BCUT2D eigenvalue weighted by Gasteiger charge is -2.34. The SMILES string of the molecule is Cc1cc(N)ccc1NC(=O)CCN1CC(C)SC(C)C1. The largest absolute Gasteiger partial charge is 0.399 e. The highest BCUT2D eigenvalue weighted by Gasteiger charge is 2.22. The third-order valence-corrected chi connectivity index (χ3v) is 4.90. The van der Waals surface area contributed by atoms with E-state index in [0.29, 0.717) is 16.9 Å². The summed E-state index contributed by atoms with van der Waals surface area (Å²) in [5.41, 5.74) is 8.29. The van der Waals surface area contributed by atoms with Crippen LogP contribution in [-0.4, -0.2) is 40.9 Å². The molecule has 0 bridgehead atoms. The highest BCUT2D eigenvalue weighted by molar-refractivity contribution is 8.00. The average molecular weight is 307 g/mol. The zero-order chi connectivity index (χ0) is 15.4. The molecule has 1 amide bonds. The molecule has 21 heavy (non-hydrogen) atoms. The number of nitrogens with one attached hydrogen (secondary N) is 1. The van der Waals surface area contributed by atoms with Gasteiger partial charge >= 0.3 is 0 Å². The number of hydrogen-bond acceptors (Lipinski definition) is 4. The van der Waals surface area contributed by atoms with Gasteiger partial charge in [0.1, 0.15) is 0 Å². The van der Waals surface area contributed by atoms with Gasteiger partial charge in [0.25, 0.3) is 0 Å². The minimum Gasteiger partial charge on any atom is -0.399 e. The number of rotatable bonds is 4. The monoisotopic (exact) mass is 307 g/mol. The molecule has 2 rings (SSSR count). The molecule has 2 atom stereocenters. The van der Waals surface area contributed by atoms with Crippen molar-refractivity contribution in [2.45, 2.75) is 37.7 Å². The number of nitrogens with zero attached hydrogens (tertiary/aromatic N) is 1. The van der Waals surface area contributed by atoms with E-state index in [0.717, 1.165) is 36.6 Å². The van der Waals surface area contributed by atoms with Crippen molar-refractivity contribution in [2.24, 2.45) is 0 Å². The molecule has 0 radical (unpaired) electrons. The van der Waals surface area contributed by atoms with Crippen LogP contribution >= 0.6 is 11.8 Å². The molecule has 1 aromatic rings. The molecule has 4 nitrogen and oxygen atoms in total. The van der Waals surface area contributed by atoms with Crippen molar-refractivity contribution in [2.75, 3.05) is 30.7 Å². The number of carbonyl (C=O) groups is 1. The Morgan fingerprint density at radius 3 is 2.67 bits per heavy atom. The predicted molar refractivity (Wildman–Crippen MR) is 91.8 cm³/mol. The van der Waals surface area contributed by atoms with Gasteiger partial charge in [0.15, 0.2) is 0 Å². The van der Waals surface area contributed by atoms with Crippen molar-refractivity contribution in [3.05, 3.63) is 23.8 Å². The molecule has 0 aromatic heterocycles. The first-order valence-corrected chi connectivity index (χ1v) is 8.42. The minimum atomic E-state index is 0.0707. The van der Waals surface area contributed by atoms with Crippen LogP contribution in [0.2, 0.25) is 0 Å². The van der Waals surface area contributed by atoms with Gasteiger partial charge < -0.3 is 16.0 Å². The summed E-state index contributed by atoms with van der Waals surface area (Å²) in [5, 5.41) is 4.27. The van der Waals surface area contributed by atoms with Crippen LogP contribution in [0, 0.1) is 6.92 Å². The van der Waals surface area contributed by atoms with Gasteiger partial charge in [0, 0.05) is 47.9 Å². The molecule has 0 aliphatic carbocycles. The zero-order valence-electron chi connectivity index (χ0n) is 13.1. The number of thioether (sulfide) groups is 1. The van der Waals surface area contributed by atoms with E-state index in [2.05, 4.69) is 24.1 Å². The molecule has 1 aliphatic heterocycles. The molecule has 2 unspecified atom stereocenters. The highest BCUT2D eigenvalue weighted by atomic mass is 32.2. The average Bonchev–Trinajstić information content (AvgIpc) is 2.39. The first-order valence-electron chi connectivity index (χ1n) is 7.48. The van der Waals surface area contributed by atoms with Gasteiger partial charge in [-0.1, -0.05) is 13.8 Å². The Labute approximate surface area is 131 Å². The van der Waals surface area contributed by atoms with E-state index in [-0.39, 0.29) is 5.91 Å². The van der Waals surface area contributed by atoms with Crippen molar-refractivity contribution in [3.8, 4) is 0 Å². The quantitative estimate of drug-likeness (QED) is 0.840. The van der Waals surface area contributed by atoms with Crippen LogP contribution in [0.4, 0.5) is 11.4 Å². The van der Waals surface area contributed by atoms with Crippen LogP contribution in [0.1, 0.15) is 25.8 Å². The number of benzene rings is 1. The standard InChI is InChI=1S/C16H25N3OS/c1-11-8-14(17)4-5-15(11)18-16(20)6-7-19-9-12(2)21-13(3)10-19/h4-5,8,12-13H,6-7,9-10,17H2,1-3H3,(H,18,20). The summed E-state index contributed by atoms with van der Waals surface area (Å²) in [6.07, 6.45) is 0.536. The topological polar surface area (TPSA) is 58.4 Å². The summed E-state index contributed by atoms with van der Waals surface area (Å²) in [6.45, 7) is 9.44. The molecule has 3 N–H and O–H groups in total. The molecular formula is C16H25N3OS. The van der Waals surface area contributed by atoms with Crippen LogP contribution in [0.15, 0.2) is 18.2 Å². The fourth-order valence-electron chi connectivity index (χ4n) is 2.77. The van der Waals surface area contributed by atoms with Crippen molar-refractivity contribution in [3.63, 3.8) is 0 Å². The third-order valence-electron chi connectivity index (χ3n) is 3.67. The van der Waals surface area contributed by atoms with Crippen molar-refractivity contribution < 1.29 is 4.79 Å². The summed E-state index contributed by atoms with van der Waals surface area (Å²) in [4.78, 5) is 14.5. The van der Waals surface area contributed by atoms with E-state index in [4.69, 9.17) is 5.73 Å². The Balaban J connectivity index is 1.82. The number of nitrogen functional groups attached to an aromatic ring is 1. The Morgan fingerprint density at radius 2 is 2.05 bits per heavy atom. The first-order chi connectivity index (χ1) is 9.94. The smallest absolute Gasteiger partial charge is 0.225 e. The van der Waals surface area contributed by atoms with Crippen molar-refractivity contribution in [1.29, 1.82) is 0 Å². The van der Waals surface area contributed by atoms with Gasteiger partial charge in [-0.2, -0.15) is 11.8 Å². The molecule has 0 saturated carbocycles. The second kappa shape index (κ2) is 7.18. The summed E-state index contributed by atoms with van der Waals surface area (Å²) in [6, 6.07) is 5.55. The normalized spacial score (nSPS) is 23.0. The molecule has 1 saturated heterocycles. The number of nitrogens with two attached hydrogens (primary N) is 1. The summed E-state index contributed by atoms with van der Waals surface area (Å²) < 4.78 is 0. The van der Waals surface area contributed by atoms with Gasteiger partial charge in [0.05, 0.1) is 0 Å². The maximum absolute atomic E-state index is 12.1. The third kappa shape index (κ3) is 4.93. The Hall–Kier alpha value is -1.20. The molecule has 1 fully saturated rings. The number of aryl methyl sites for hydroxylation is 1. The van der Waals surface area contributed by atoms with Crippen LogP contribution in [0.3, 0.4) is 0 Å². The van der Waals surface area contributed by atoms with Gasteiger partial charge in [0.2, 0.25) is 5.91 Å². The fraction of sp³-hybridized carbons (Fsp3) is 0.562. The van der Waals surface area contributed by atoms with Crippen molar-refractivity contribution in [1.82, 2.24) is 4.90 Å². The fourth-order valence-corrected chi connectivity index (χ4v) is 4.15. The molecule has 0 spiro atoms. The van der Waals surface area contributed by atoms with Crippen LogP contribution in [0.25, 0.3) is 0 Å². The summed E-state index contributed by atoms with van der Waals surface area (Å²) in [7, 11) is 0. The zero-order valence-corrected chi connectivity index (χ0v) is 13.9. The van der Waals surface area contributed by atoms with E-state index in [1.54, 1.807) is 0 Å². The Morgan fingerprint density at radius 1 is 1.38 bits per heavy atom. The molecule has 1 aliphatic rings. The van der Waals surface area contributed by atoms with E-state index >= 15 is 0 Å². The molecule has 1 heterocycles. The van der Waals surface area contributed by atoms with Gasteiger partial charge in [-0.3, -0.25) is 4.79 Å². The second-order valence-corrected chi connectivity index (χ2v) is 7.77. The van der Waals surface area contributed by atoms with Crippen LogP contribution < -0.4 is 11.1 Å². The molecule has 116 valence electrons. The number of carbonyl (C=O) groups excluding carboxylic acids is 1. The van der Waals surface area contributed by atoms with Crippen LogP contribution in [-0.2, 0) is 4.79 Å². The van der Waals surface area contributed by atoms with E-state index in [1.165, 1.54) is 0 Å². The van der Waals surface area contributed by atoms with Gasteiger partial charge in [-0.05, 0) is 30.7 Å². The minimum absolute atomic E-state index is 0.0707. The Kier molecular flexibility index (Phi) is 5.53. The summed E-state index contributed by atoms with van der Waals surface area (Å²) >= 11 is 2.03.